The number of carbonyl (C=O) groups excluding carboxylic acids is 2. The summed E-state index contributed by atoms with van der Waals surface area (Å²) in [7, 11) is 3.07. The molecule has 10 nitrogen and oxygen atoms in total. The van der Waals surface area contributed by atoms with E-state index in [1.165, 1.54) is 22.9 Å². The summed E-state index contributed by atoms with van der Waals surface area (Å²) in [6.45, 7) is 1.52. The summed E-state index contributed by atoms with van der Waals surface area (Å²) in [6.07, 6.45) is 4.36. The van der Waals surface area contributed by atoms with Crippen molar-refractivity contribution in [1.29, 1.82) is 0 Å². The summed E-state index contributed by atoms with van der Waals surface area (Å²) in [6, 6.07) is 10.8. The molecule has 1 N–H and O–H groups in total. The van der Waals surface area contributed by atoms with E-state index in [-0.39, 0.29) is 25.0 Å². The van der Waals surface area contributed by atoms with Crippen LogP contribution in [0.15, 0.2) is 42.5 Å². The molecule has 4 rings (SSSR count). The fourth-order valence-electron chi connectivity index (χ4n) is 4.71. The molecule has 1 saturated carbocycles. The molecule has 1 fully saturated rings. The van der Waals surface area contributed by atoms with E-state index < -0.39 is 17.8 Å². The van der Waals surface area contributed by atoms with Crippen molar-refractivity contribution < 1.29 is 23.5 Å². The maximum absolute atomic E-state index is 14.5. The molecule has 11 heteroatoms. The second-order valence-corrected chi connectivity index (χ2v) is 9.24. The lowest BCUT2D eigenvalue weighted by Gasteiger charge is -2.31. The molecule has 0 saturated heterocycles. The van der Waals surface area contributed by atoms with Crippen LogP contribution in [0.4, 0.5) is 4.39 Å². The number of ether oxygens (including phenoxy) is 2. The van der Waals surface area contributed by atoms with E-state index in [0.29, 0.717) is 34.9 Å². The largest absolute Gasteiger partial charge is 0.493 e. The van der Waals surface area contributed by atoms with Gasteiger partial charge >= 0.3 is 0 Å². The van der Waals surface area contributed by atoms with Gasteiger partial charge in [0, 0.05) is 23.7 Å². The van der Waals surface area contributed by atoms with Crippen molar-refractivity contribution in [2.75, 3.05) is 14.2 Å². The molecule has 202 valence electrons. The van der Waals surface area contributed by atoms with Gasteiger partial charge in [0.2, 0.25) is 17.6 Å². The molecular formula is C27H33FN6O4. The highest BCUT2D eigenvalue weighted by molar-refractivity contribution is 5.87. The highest BCUT2D eigenvalue weighted by atomic mass is 19.1. The Balaban J connectivity index is 1.55. The molecule has 2 amide bonds. The Morgan fingerprint density at radius 1 is 1.13 bits per heavy atom. The number of carbonyl (C=O) groups is 2. The van der Waals surface area contributed by atoms with Gasteiger partial charge in [-0.2, -0.15) is 4.80 Å². The summed E-state index contributed by atoms with van der Waals surface area (Å²) in [5, 5.41) is 15.5. The van der Waals surface area contributed by atoms with Gasteiger partial charge < -0.3 is 19.7 Å². The minimum absolute atomic E-state index is 0.0562. The van der Waals surface area contributed by atoms with Gasteiger partial charge in [-0.1, -0.05) is 38.0 Å². The lowest BCUT2D eigenvalue weighted by atomic mass is 10.1. The Morgan fingerprint density at radius 2 is 1.87 bits per heavy atom. The Hall–Kier alpha value is -4.02. The van der Waals surface area contributed by atoms with Gasteiger partial charge in [-0.25, -0.2) is 4.39 Å². The van der Waals surface area contributed by atoms with Gasteiger partial charge in [0.15, 0.2) is 11.5 Å². The molecule has 1 atom stereocenters. The molecule has 0 aliphatic heterocycles. The summed E-state index contributed by atoms with van der Waals surface area (Å²) in [5.74, 6) is 0.271. The number of hydrogen-bond donors (Lipinski definition) is 1. The van der Waals surface area contributed by atoms with Crippen molar-refractivity contribution in [2.24, 2.45) is 0 Å². The van der Waals surface area contributed by atoms with E-state index in [1.54, 1.807) is 43.5 Å². The van der Waals surface area contributed by atoms with Gasteiger partial charge in [-0.3, -0.25) is 9.59 Å². The third kappa shape index (κ3) is 6.27. The Labute approximate surface area is 221 Å². The van der Waals surface area contributed by atoms with Crippen LogP contribution in [-0.4, -0.2) is 63.2 Å². The molecule has 0 unspecified atom stereocenters. The van der Waals surface area contributed by atoms with Crippen LogP contribution in [0, 0.1) is 5.82 Å². The van der Waals surface area contributed by atoms with Gasteiger partial charge in [-0.05, 0) is 48.7 Å². The highest BCUT2D eigenvalue weighted by Gasteiger charge is 2.31. The molecule has 1 aliphatic rings. The summed E-state index contributed by atoms with van der Waals surface area (Å²) < 4.78 is 25.2. The smallest absolute Gasteiger partial charge is 0.247 e. The lowest BCUT2D eigenvalue weighted by molar-refractivity contribution is -0.142. The van der Waals surface area contributed by atoms with Crippen LogP contribution in [0.2, 0.25) is 0 Å². The molecule has 0 spiro atoms. The molecule has 2 aromatic carbocycles. The fraction of sp³-hybridized carbons (Fsp3) is 0.444. The van der Waals surface area contributed by atoms with Crippen LogP contribution in [0.25, 0.3) is 11.4 Å². The zero-order valence-corrected chi connectivity index (χ0v) is 21.9. The van der Waals surface area contributed by atoms with E-state index in [2.05, 4.69) is 20.7 Å². The number of halogens is 1. The van der Waals surface area contributed by atoms with E-state index >= 15 is 0 Å². The zero-order chi connectivity index (χ0) is 27.1. The lowest BCUT2D eigenvalue weighted by Crippen LogP contribution is -2.51. The number of hydrogen-bond acceptors (Lipinski definition) is 7. The van der Waals surface area contributed by atoms with Crippen LogP contribution in [0.1, 0.15) is 44.6 Å². The van der Waals surface area contributed by atoms with Gasteiger partial charge in [0.25, 0.3) is 0 Å². The number of rotatable bonds is 11. The van der Waals surface area contributed by atoms with E-state index in [0.717, 1.165) is 25.7 Å². The van der Waals surface area contributed by atoms with Crippen LogP contribution in [0.5, 0.6) is 11.5 Å². The minimum Gasteiger partial charge on any atom is -0.493 e. The average molecular weight is 525 g/mol. The van der Waals surface area contributed by atoms with Crippen molar-refractivity contribution in [1.82, 2.24) is 30.4 Å². The predicted octanol–water partition coefficient (Wildman–Crippen LogP) is 3.36. The standard InChI is InChI=1S/C27H33FN6O4/c1-4-22(27(36)29-20-10-6-7-11-20)33(16-19-9-5-8-12-21(19)28)25(35)17-34-31-26(30-32-34)18-13-14-23(37-2)24(15-18)38-3/h5,8-9,12-15,20,22H,4,6-7,10-11,16-17H2,1-3H3,(H,29,36)/t22-/m1/s1. The quantitative estimate of drug-likeness (QED) is 0.409. The van der Waals surface area contributed by atoms with Crippen molar-refractivity contribution in [3.05, 3.63) is 53.8 Å². The number of nitrogens with zero attached hydrogens (tertiary/aromatic N) is 5. The monoisotopic (exact) mass is 524 g/mol. The minimum atomic E-state index is -0.767. The SMILES string of the molecule is CC[C@H](C(=O)NC1CCCC1)N(Cc1ccccc1F)C(=O)Cn1nnc(-c2ccc(OC)c(OC)c2)n1. The second kappa shape index (κ2) is 12.5. The van der Waals surface area contributed by atoms with E-state index in [1.807, 2.05) is 6.92 Å². The third-order valence-corrected chi connectivity index (χ3v) is 6.76. The van der Waals surface area contributed by atoms with Gasteiger partial charge in [0.05, 0.1) is 14.2 Å². The number of aromatic nitrogens is 4. The number of tetrazole rings is 1. The first-order valence-corrected chi connectivity index (χ1v) is 12.8. The number of nitrogens with one attached hydrogen (secondary N) is 1. The van der Waals surface area contributed by atoms with Crippen LogP contribution < -0.4 is 14.8 Å². The summed E-state index contributed by atoms with van der Waals surface area (Å²) in [5.41, 5.74) is 0.956. The van der Waals surface area contributed by atoms with Gasteiger partial charge in [0.1, 0.15) is 18.4 Å². The van der Waals surface area contributed by atoms with E-state index in [4.69, 9.17) is 9.47 Å². The molecule has 1 aromatic heterocycles. The topological polar surface area (TPSA) is 111 Å². The Morgan fingerprint density at radius 3 is 2.55 bits per heavy atom. The van der Waals surface area contributed by atoms with Crippen LogP contribution >= 0.6 is 0 Å². The molecule has 3 aromatic rings. The summed E-state index contributed by atoms with van der Waals surface area (Å²) in [4.78, 5) is 29.4. The zero-order valence-electron chi connectivity index (χ0n) is 21.9. The molecule has 38 heavy (non-hydrogen) atoms. The predicted molar refractivity (Wildman–Crippen MR) is 138 cm³/mol. The molecular weight excluding hydrogens is 491 g/mol. The maximum Gasteiger partial charge on any atom is 0.247 e. The average Bonchev–Trinajstić information content (AvgIpc) is 3.61. The van der Waals surface area contributed by atoms with Crippen LogP contribution in [0.3, 0.4) is 0 Å². The van der Waals surface area contributed by atoms with Crippen molar-refractivity contribution in [2.45, 2.75) is 64.2 Å². The molecule has 0 radical (unpaired) electrons. The first-order valence-electron chi connectivity index (χ1n) is 12.8. The highest BCUT2D eigenvalue weighted by Crippen LogP contribution is 2.30. The Bertz CT molecular complexity index is 1260. The normalized spacial score (nSPS) is 14.2. The van der Waals surface area contributed by atoms with Crippen LogP contribution in [-0.2, 0) is 22.7 Å². The first kappa shape index (κ1) is 27.0. The van der Waals surface area contributed by atoms with Gasteiger partial charge in [-0.15, -0.1) is 10.2 Å². The molecule has 1 heterocycles. The van der Waals surface area contributed by atoms with Crippen molar-refractivity contribution in [3.63, 3.8) is 0 Å². The molecule has 0 bridgehead atoms. The summed E-state index contributed by atoms with van der Waals surface area (Å²) >= 11 is 0. The molecule has 1 aliphatic carbocycles. The number of methoxy groups -OCH3 is 2. The second-order valence-electron chi connectivity index (χ2n) is 9.24. The number of amides is 2. The van der Waals surface area contributed by atoms with Crippen molar-refractivity contribution in [3.8, 4) is 22.9 Å². The maximum atomic E-state index is 14.5. The Kier molecular flexibility index (Phi) is 8.88. The third-order valence-electron chi connectivity index (χ3n) is 6.76. The first-order chi connectivity index (χ1) is 18.4. The van der Waals surface area contributed by atoms with Crippen molar-refractivity contribution >= 4 is 11.8 Å². The van der Waals surface area contributed by atoms with E-state index in [9.17, 15) is 14.0 Å². The fourth-order valence-corrected chi connectivity index (χ4v) is 4.71. The number of benzene rings is 2.